The van der Waals surface area contributed by atoms with E-state index in [9.17, 15) is 0 Å². The number of hydrogen-bond acceptors (Lipinski definition) is 6. The van der Waals surface area contributed by atoms with Crippen LogP contribution in [-0.2, 0) is 11.3 Å². The Morgan fingerprint density at radius 1 is 1.10 bits per heavy atom. The zero-order valence-electron chi connectivity index (χ0n) is 18.5. The molecule has 0 radical (unpaired) electrons. The van der Waals surface area contributed by atoms with E-state index in [1.807, 2.05) is 0 Å². The van der Waals surface area contributed by atoms with Crippen LogP contribution in [-0.4, -0.2) is 47.2 Å². The fourth-order valence-electron chi connectivity index (χ4n) is 4.91. The molecule has 3 atom stereocenters. The molecule has 1 aliphatic carbocycles. The van der Waals surface area contributed by atoms with Gasteiger partial charge in [-0.25, -0.2) is 9.97 Å². The highest BCUT2D eigenvalue weighted by Crippen LogP contribution is 2.39. The first-order valence-electron chi connectivity index (χ1n) is 11.6. The molecule has 2 aromatic heterocycles. The summed E-state index contributed by atoms with van der Waals surface area (Å²) < 4.78 is 5.51. The summed E-state index contributed by atoms with van der Waals surface area (Å²) in [6.45, 7) is 9.04. The van der Waals surface area contributed by atoms with Gasteiger partial charge in [-0.3, -0.25) is 4.90 Å². The highest BCUT2D eigenvalue weighted by atomic mass is 32.1. The summed E-state index contributed by atoms with van der Waals surface area (Å²) in [5, 5.41) is 7.31. The van der Waals surface area contributed by atoms with Crippen LogP contribution in [0.4, 0.5) is 5.82 Å². The van der Waals surface area contributed by atoms with E-state index in [-0.39, 0.29) is 0 Å². The first-order chi connectivity index (χ1) is 15.2. The quantitative estimate of drug-likeness (QED) is 0.578. The van der Waals surface area contributed by atoms with E-state index in [2.05, 4.69) is 59.8 Å². The van der Waals surface area contributed by atoms with Gasteiger partial charge in [-0.2, -0.15) is 0 Å². The highest BCUT2D eigenvalue weighted by molar-refractivity contribution is 7.17. The third kappa shape index (κ3) is 4.47. The Labute approximate surface area is 188 Å². The molecule has 3 heterocycles. The van der Waals surface area contributed by atoms with Gasteiger partial charge in [-0.1, -0.05) is 57.0 Å². The maximum absolute atomic E-state index is 5.51. The maximum Gasteiger partial charge on any atom is 0.146 e. The number of benzene rings is 1. The average Bonchev–Trinajstić information content (AvgIpc) is 3.22. The zero-order valence-corrected chi connectivity index (χ0v) is 19.3. The smallest absolute Gasteiger partial charge is 0.146 e. The predicted octanol–water partition coefficient (Wildman–Crippen LogP) is 5.43. The first-order valence-corrected chi connectivity index (χ1v) is 12.5. The summed E-state index contributed by atoms with van der Waals surface area (Å²) in [7, 11) is 0. The number of rotatable bonds is 5. The maximum atomic E-state index is 5.51. The van der Waals surface area contributed by atoms with Gasteiger partial charge in [0.05, 0.1) is 25.1 Å². The lowest BCUT2D eigenvalue weighted by Crippen LogP contribution is -2.37. The molecular formula is C25H32N4OS. The summed E-state index contributed by atoms with van der Waals surface area (Å²) >= 11 is 1.73. The Hall–Kier alpha value is -2.02. The number of anilines is 1. The van der Waals surface area contributed by atoms with Crippen LogP contribution >= 0.6 is 11.3 Å². The van der Waals surface area contributed by atoms with Gasteiger partial charge < -0.3 is 10.1 Å². The predicted molar refractivity (Wildman–Crippen MR) is 129 cm³/mol. The van der Waals surface area contributed by atoms with Gasteiger partial charge in [0.2, 0.25) is 0 Å². The van der Waals surface area contributed by atoms with E-state index in [0.29, 0.717) is 12.0 Å². The van der Waals surface area contributed by atoms with Crippen LogP contribution in [0.2, 0.25) is 0 Å². The fraction of sp³-hybridized carbons (Fsp3) is 0.520. The summed E-state index contributed by atoms with van der Waals surface area (Å²) in [6.07, 6.45) is 3.82. The Bertz CT molecular complexity index is 1020. The van der Waals surface area contributed by atoms with Gasteiger partial charge >= 0.3 is 0 Å². The normalized spacial score (nSPS) is 25.0. The van der Waals surface area contributed by atoms with Crippen LogP contribution in [0.1, 0.15) is 38.9 Å². The molecule has 5 nitrogen and oxygen atoms in total. The van der Waals surface area contributed by atoms with Crippen molar-refractivity contribution in [2.24, 2.45) is 11.8 Å². The minimum absolute atomic E-state index is 0.460. The van der Waals surface area contributed by atoms with Crippen LogP contribution in [0.15, 0.2) is 35.7 Å². The molecule has 5 rings (SSSR count). The lowest BCUT2D eigenvalue weighted by molar-refractivity contribution is 0.0331. The number of hydrogen-bond donors (Lipinski definition) is 1. The molecule has 2 fully saturated rings. The molecule has 0 amide bonds. The third-order valence-corrected chi connectivity index (χ3v) is 7.93. The summed E-state index contributed by atoms with van der Waals surface area (Å²) in [4.78, 5) is 13.6. The van der Waals surface area contributed by atoms with Crippen LogP contribution in [0.3, 0.4) is 0 Å². The van der Waals surface area contributed by atoms with Crippen LogP contribution in [0, 0.1) is 11.8 Å². The molecule has 1 aromatic carbocycles. The number of nitrogens with zero attached hydrogens (tertiary/aromatic N) is 3. The van der Waals surface area contributed by atoms with E-state index >= 15 is 0 Å². The van der Waals surface area contributed by atoms with E-state index in [1.54, 1.807) is 11.3 Å². The van der Waals surface area contributed by atoms with Gasteiger partial charge in [-0.05, 0) is 23.8 Å². The number of aromatic nitrogens is 2. The van der Waals surface area contributed by atoms with Crippen molar-refractivity contribution < 1.29 is 4.74 Å². The van der Waals surface area contributed by atoms with Gasteiger partial charge in [0, 0.05) is 30.1 Å². The van der Waals surface area contributed by atoms with E-state index in [1.165, 1.54) is 35.8 Å². The minimum atomic E-state index is 0.460. The number of ether oxygens (including phenoxy) is 1. The Balaban J connectivity index is 1.54. The second kappa shape index (κ2) is 9.23. The molecule has 0 unspecified atom stereocenters. The van der Waals surface area contributed by atoms with Crippen molar-refractivity contribution in [1.29, 1.82) is 0 Å². The van der Waals surface area contributed by atoms with Crippen molar-refractivity contribution in [2.75, 3.05) is 31.6 Å². The molecule has 1 saturated carbocycles. The topological polar surface area (TPSA) is 50.3 Å². The Morgan fingerprint density at radius 3 is 2.71 bits per heavy atom. The van der Waals surface area contributed by atoms with E-state index < -0.39 is 0 Å². The number of morpholine rings is 1. The van der Waals surface area contributed by atoms with Crippen LogP contribution in [0.5, 0.6) is 0 Å². The van der Waals surface area contributed by atoms with Crippen molar-refractivity contribution in [2.45, 2.75) is 45.7 Å². The lowest BCUT2D eigenvalue weighted by Gasteiger charge is -2.35. The molecule has 1 N–H and O–H groups in total. The van der Waals surface area contributed by atoms with Gasteiger partial charge in [0.25, 0.3) is 0 Å². The van der Waals surface area contributed by atoms with Crippen molar-refractivity contribution in [1.82, 2.24) is 14.9 Å². The van der Waals surface area contributed by atoms with Gasteiger partial charge in [-0.15, -0.1) is 11.3 Å². The van der Waals surface area contributed by atoms with E-state index in [0.717, 1.165) is 55.2 Å². The molecule has 2 aliphatic rings. The first kappa shape index (κ1) is 20.9. The molecule has 0 bridgehead atoms. The molecule has 0 spiro atoms. The van der Waals surface area contributed by atoms with Crippen molar-refractivity contribution in [3.63, 3.8) is 0 Å². The van der Waals surface area contributed by atoms with Gasteiger partial charge in [0.15, 0.2) is 0 Å². The Kier molecular flexibility index (Phi) is 6.21. The van der Waals surface area contributed by atoms with Crippen molar-refractivity contribution in [3.05, 3.63) is 41.5 Å². The molecule has 3 aromatic rings. The number of nitrogens with one attached hydrogen (secondary N) is 1. The third-order valence-electron chi connectivity index (χ3n) is 7.06. The monoisotopic (exact) mass is 436 g/mol. The standard InChI is InChI=1S/C25H32N4OS/c1-17-7-6-10-21(18(17)2)26-24-23-20(19-8-4-3-5-9-19)16-31-25(23)28-22(27-24)15-29-11-13-30-14-12-29/h3-5,8-9,16-18,21H,6-7,10-15H2,1-2H3,(H,26,27,28)/t17-,18+,21+/m1/s1. The molecular weight excluding hydrogens is 404 g/mol. The minimum Gasteiger partial charge on any atom is -0.379 e. The highest BCUT2D eigenvalue weighted by Gasteiger charge is 2.28. The molecule has 1 saturated heterocycles. The van der Waals surface area contributed by atoms with Crippen molar-refractivity contribution >= 4 is 27.4 Å². The summed E-state index contributed by atoms with van der Waals surface area (Å²) in [5.74, 6) is 3.31. The summed E-state index contributed by atoms with van der Waals surface area (Å²) in [6, 6.07) is 11.1. The SMILES string of the molecule is C[C@H]1[C@H](C)CCC[C@@H]1Nc1nc(CN2CCOCC2)nc2scc(-c3ccccc3)c12. The van der Waals surface area contributed by atoms with Gasteiger partial charge in [0.1, 0.15) is 16.5 Å². The Morgan fingerprint density at radius 2 is 1.90 bits per heavy atom. The second-order valence-corrected chi connectivity index (χ2v) is 9.95. The fourth-order valence-corrected chi connectivity index (χ4v) is 5.88. The second-order valence-electron chi connectivity index (χ2n) is 9.09. The average molecular weight is 437 g/mol. The molecule has 31 heavy (non-hydrogen) atoms. The zero-order chi connectivity index (χ0) is 21.2. The molecule has 6 heteroatoms. The molecule has 164 valence electrons. The van der Waals surface area contributed by atoms with Crippen molar-refractivity contribution in [3.8, 4) is 11.1 Å². The number of fused-ring (bicyclic) bond motifs is 1. The summed E-state index contributed by atoms with van der Waals surface area (Å²) in [5.41, 5.74) is 2.46. The number of thiophene rings is 1. The van der Waals surface area contributed by atoms with Crippen LogP contribution < -0.4 is 5.32 Å². The van der Waals surface area contributed by atoms with Crippen LogP contribution in [0.25, 0.3) is 21.3 Å². The lowest BCUT2D eigenvalue weighted by atomic mass is 9.78. The largest absolute Gasteiger partial charge is 0.379 e. The molecule has 1 aliphatic heterocycles. The van der Waals surface area contributed by atoms with E-state index in [4.69, 9.17) is 14.7 Å².